The van der Waals surface area contributed by atoms with Gasteiger partial charge in [0.1, 0.15) is 6.33 Å². The van der Waals surface area contributed by atoms with E-state index in [0.29, 0.717) is 6.42 Å². The number of hydrogen-bond acceptors (Lipinski definition) is 4. The summed E-state index contributed by atoms with van der Waals surface area (Å²) in [5, 5.41) is 0. The number of benzene rings is 1. The van der Waals surface area contributed by atoms with Gasteiger partial charge in [-0.1, -0.05) is 30.3 Å². The van der Waals surface area contributed by atoms with Crippen LogP contribution < -0.4 is 0 Å². The molecule has 6 nitrogen and oxygen atoms in total. The second kappa shape index (κ2) is 7.47. The van der Waals surface area contributed by atoms with Crippen molar-refractivity contribution in [3.8, 4) is 5.82 Å². The van der Waals surface area contributed by atoms with E-state index in [4.69, 9.17) is 4.98 Å². The molecule has 3 aromatic rings. The highest BCUT2D eigenvalue weighted by Gasteiger charge is 2.31. The third-order valence-electron chi connectivity index (χ3n) is 4.79. The standard InChI is InChI=1S/C20H21N5O/c26-20(9-8-16-5-2-1-3-6-16)25-11-4-7-18(25)17-13-22-14-19(23-17)24-12-10-21-15-24/h1-3,5-6,10,12-15,18H,4,7-9,11H2/t18-/m1/s1. The number of hydrogen-bond donors (Lipinski definition) is 0. The van der Waals surface area contributed by atoms with Gasteiger partial charge in [-0.15, -0.1) is 0 Å². The zero-order valence-corrected chi connectivity index (χ0v) is 14.5. The van der Waals surface area contributed by atoms with Gasteiger partial charge in [0, 0.05) is 25.4 Å². The van der Waals surface area contributed by atoms with Crippen molar-refractivity contribution in [2.24, 2.45) is 0 Å². The Morgan fingerprint density at radius 2 is 2.04 bits per heavy atom. The van der Waals surface area contributed by atoms with Gasteiger partial charge in [-0.3, -0.25) is 14.3 Å². The summed E-state index contributed by atoms with van der Waals surface area (Å²) in [4.78, 5) is 27.8. The largest absolute Gasteiger partial charge is 0.334 e. The summed E-state index contributed by atoms with van der Waals surface area (Å²) in [7, 11) is 0. The van der Waals surface area contributed by atoms with Crippen LogP contribution >= 0.6 is 0 Å². The topological polar surface area (TPSA) is 63.9 Å². The maximum atomic E-state index is 12.8. The highest BCUT2D eigenvalue weighted by molar-refractivity contribution is 5.77. The molecule has 3 heterocycles. The lowest BCUT2D eigenvalue weighted by atomic mass is 10.1. The van der Waals surface area contributed by atoms with E-state index < -0.39 is 0 Å². The lowest BCUT2D eigenvalue weighted by Gasteiger charge is -2.24. The molecule has 0 unspecified atom stereocenters. The van der Waals surface area contributed by atoms with E-state index in [0.717, 1.165) is 37.3 Å². The summed E-state index contributed by atoms with van der Waals surface area (Å²) in [6.07, 6.45) is 12.0. The molecule has 1 amide bonds. The molecule has 132 valence electrons. The Morgan fingerprint density at radius 1 is 1.15 bits per heavy atom. The first-order valence-corrected chi connectivity index (χ1v) is 8.95. The van der Waals surface area contributed by atoms with Crippen LogP contribution in [0.5, 0.6) is 0 Å². The van der Waals surface area contributed by atoms with Crippen LogP contribution in [0.25, 0.3) is 5.82 Å². The molecular formula is C20H21N5O. The Bertz CT molecular complexity index is 863. The Kier molecular flexibility index (Phi) is 4.73. The van der Waals surface area contributed by atoms with Crippen LogP contribution in [0.2, 0.25) is 0 Å². The quantitative estimate of drug-likeness (QED) is 0.712. The summed E-state index contributed by atoms with van der Waals surface area (Å²) in [6.45, 7) is 0.787. The van der Waals surface area contributed by atoms with Crippen molar-refractivity contribution in [1.82, 2.24) is 24.4 Å². The van der Waals surface area contributed by atoms with Gasteiger partial charge in [-0.2, -0.15) is 0 Å². The SMILES string of the molecule is O=C(CCc1ccccc1)N1CCC[C@@H]1c1cncc(-n2ccnc2)n1. The van der Waals surface area contributed by atoms with Gasteiger partial charge in [-0.05, 0) is 24.8 Å². The van der Waals surface area contributed by atoms with Crippen molar-refractivity contribution < 1.29 is 4.79 Å². The van der Waals surface area contributed by atoms with Gasteiger partial charge >= 0.3 is 0 Å². The second-order valence-corrected chi connectivity index (χ2v) is 6.50. The summed E-state index contributed by atoms with van der Waals surface area (Å²) < 4.78 is 1.83. The number of amides is 1. The number of imidazole rings is 1. The summed E-state index contributed by atoms with van der Waals surface area (Å²) in [5.74, 6) is 0.912. The molecule has 1 aromatic carbocycles. The fourth-order valence-electron chi connectivity index (χ4n) is 3.46. The molecule has 4 rings (SSSR count). The van der Waals surface area contributed by atoms with E-state index in [-0.39, 0.29) is 11.9 Å². The molecule has 2 aromatic heterocycles. The van der Waals surface area contributed by atoms with Crippen molar-refractivity contribution in [3.05, 3.63) is 72.7 Å². The minimum Gasteiger partial charge on any atom is -0.334 e. The molecule has 0 saturated carbocycles. The van der Waals surface area contributed by atoms with Crippen LogP contribution in [0, 0.1) is 0 Å². The van der Waals surface area contributed by atoms with Gasteiger partial charge < -0.3 is 4.90 Å². The highest BCUT2D eigenvalue weighted by atomic mass is 16.2. The van der Waals surface area contributed by atoms with E-state index in [2.05, 4.69) is 22.1 Å². The van der Waals surface area contributed by atoms with Gasteiger partial charge in [0.25, 0.3) is 0 Å². The van der Waals surface area contributed by atoms with Crippen LogP contribution in [-0.2, 0) is 11.2 Å². The first-order valence-electron chi connectivity index (χ1n) is 8.95. The molecule has 0 radical (unpaired) electrons. The Hall–Kier alpha value is -3.02. The van der Waals surface area contributed by atoms with Crippen molar-refractivity contribution in [3.63, 3.8) is 0 Å². The molecule has 1 aliphatic rings. The van der Waals surface area contributed by atoms with Gasteiger partial charge in [0.2, 0.25) is 5.91 Å². The fourth-order valence-corrected chi connectivity index (χ4v) is 3.46. The molecule has 1 saturated heterocycles. The molecular weight excluding hydrogens is 326 g/mol. The van der Waals surface area contributed by atoms with Crippen molar-refractivity contribution >= 4 is 5.91 Å². The minimum absolute atomic E-state index is 0.00856. The van der Waals surface area contributed by atoms with Crippen LogP contribution in [-0.4, -0.2) is 36.9 Å². The number of aromatic nitrogens is 4. The molecule has 6 heteroatoms. The summed E-state index contributed by atoms with van der Waals surface area (Å²) >= 11 is 0. The summed E-state index contributed by atoms with van der Waals surface area (Å²) in [5.41, 5.74) is 2.04. The number of aryl methyl sites for hydroxylation is 1. The zero-order chi connectivity index (χ0) is 17.8. The van der Waals surface area contributed by atoms with Crippen LogP contribution in [0.1, 0.15) is 36.6 Å². The van der Waals surface area contributed by atoms with Crippen molar-refractivity contribution in [2.45, 2.75) is 31.7 Å². The van der Waals surface area contributed by atoms with Gasteiger partial charge in [0.05, 0.1) is 24.1 Å². The Morgan fingerprint density at radius 3 is 2.85 bits per heavy atom. The van der Waals surface area contributed by atoms with Gasteiger partial charge in [-0.25, -0.2) is 9.97 Å². The predicted molar refractivity (Wildman–Crippen MR) is 97.6 cm³/mol. The van der Waals surface area contributed by atoms with E-state index in [9.17, 15) is 4.79 Å². The molecule has 0 spiro atoms. The zero-order valence-electron chi connectivity index (χ0n) is 14.5. The third kappa shape index (κ3) is 3.49. The smallest absolute Gasteiger partial charge is 0.223 e. The summed E-state index contributed by atoms with van der Waals surface area (Å²) in [6, 6.07) is 10.2. The third-order valence-corrected chi connectivity index (χ3v) is 4.79. The van der Waals surface area contributed by atoms with E-state index in [1.54, 1.807) is 24.9 Å². The van der Waals surface area contributed by atoms with E-state index in [1.165, 1.54) is 5.56 Å². The van der Waals surface area contributed by atoms with Crippen LogP contribution in [0.15, 0.2) is 61.4 Å². The average molecular weight is 347 g/mol. The number of carbonyl (C=O) groups is 1. The lowest BCUT2D eigenvalue weighted by molar-refractivity contribution is -0.132. The molecule has 26 heavy (non-hydrogen) atoms. The number of carbonyl (C=O) groups excluding carboxylic acids is 1. The molecule has 1 atom stereocenters. The van der Waals surface area contributed by atoms with E-state index in [1.807, 2.05) is 33.9 Å². The molecule has 1 fully saturated rings. The maximum absolute atomic E-state index is 12.8. The monoisotopic (exact) mass is 347 g/mol. The second-order valence-electron chi connectivity index (χ2n) is 6.50. The van der Waals surface area contributed by atoms with Gasteiger partial charge in [0.15, 0.2) is 5.82 Å². The molecule has 0 bridgehead atoms. The highest BCUT2D eigenvalue weighted by Crippen LogP contribution is 2.31. The number of likely N-dealkylation sites (tertiary alicyclic amines) is 1. The number of nitrogens with zero attached hydrogens (tertiary/aromatic N) is 5. The molecule has 1 aliphatic heterocycles. The van der Waals surface area contributed by atoms with Crippen molar-refractivity contribution in [1.29, 1.82) is 0 Å². The maximum Gasteiger partial charge on any atom is 0.223 e. The fraction of sp³-hybridized carbons (Fsp3) is 0.300. The van der Waals surface area contributed by atoms with E-state index >= 15 is 0 Å². The molecule has 0 aliphatic carbocycles. The average Bonchev–Trinajstić information content (AvgIpc) is 3.39. The Labute approximate surface area is 152 Å². The molecule has 0 N–H and O–H groups in total. The van der Waals surface area contributed by atoms with Crippen molar-refractivity contribution in [2.75, 3.05) is 6.54 Å². The first-order chi connectivity index (χ1) is 12.8. The number of rotatable bonds is 5. The normalized spacial score (nSPS) is 16.8. The predicted octanol–water partition coefficient (Wildman–Crippen LogP) is 2.96. The Balaban J connectivity index is 1.48. The lowest BCUT2D eigenvalue weighted by Crippen LogP contribution is -2.31. The van der Waals surface area contributed by atoms with Crippen LogP contribution in [0.3, 0.4) is 0 Å². The van der Waals surface area contributed by atoms with Crippen LogP contribution in [0.4, 0.5) is 0 Å². The first kappa shape index (κ1) is 16.4. The minimum atomic E-state index is 0.00856.